The zero-order valence-electron chi connectivity index (χ0n) is 10.3. The van der Waals surface area contributed by atoms with Crippen molar-refractivity contribution in [2.75, 3.05) is 31.6 Å². The summed E-state index contributed by atoms with van der Waals surface area (Å²) in [5, 5.41) is 6.72. The van der Waals surface area contributed by atoms with Gasteiger partial charge in [-0.1, -0.05) is 0 Å². The van der Waals surface area contributed by atoms with Crippen molar-refractivity contribution in [3.63, 3.8) is 0 Å². The first-order valence-corrected chi connectivity index (χ1v) is 6.28. The highest BCUT2D eigenvalue weighted by Crippen LogP contribution is 2.13. The quantitative estimate of drug-likeness (QED) is 0.806. The molecule has 2 heterocycles. The Labute approximate surface area is 102 Å². The molecule has 1 aromatic rings. The molecule has 5 nitrogen and oxygen atoms in total. The topological polar surface area (TPSA) is 59.1 Å². The first-order valence-electron chi connectivity index (χ1n) is 6.28. The van der Waals surface area contributed by atoms with Crippen LogP contribution in [0.2, 0.25) is 0 Å². The van der Waals surface area contributed by atoms with Crippen molar-refractivity contribution in [1.82, 2.24) is 15.3 Å². The van der Waals surface area contributed by atoms with Gasteiger partial charge in [-0.3, -0.25) is 4.98 Å². The maximum absolute atomic E-state index is 5.31. The van der Waals surface area contributed by atoms with Crippen molar-refractivity contribution in [3.8, 4) is 5.88 Å². The van der Waals surface area contributed by atoms with E-state index in [4.69, 9.17) is 4.74 Å². The van der Waals surface area contributed by atoms with Crippen LogP contribution in [-0.4, -0.2) is 36.2 Å². The van der Waals surface area contributed by atoms with E-state index in [0.717, 1.165) is 25.5 Å². The number of hydrogen-bond acceptors (Lipinski definition) is 5. The third kappa shape index (κ3) is 3.85. The summed E-state index contributed by atoms with van der Waals surface area (Å²) in [5.74, 6) is 2.06. The molecule has 0 bridgehead atoms. The average Bonchev–Trinajstić information content (AvgIpc) is 2.39. The fourth-order valence-corrected chi connectivity index (χ4v) is 2.00. The molecule has 0 radical (unpaired) electrons. The van der Waals surface area contributed by atoms with Crippen molar-refractivity contribution in [3.05, 3.63) is 12.4 Å². The van der Waals surface area contributed by atoms with Gasteiger partial charge in [0, 0.05) is 6.54 Å². The molecule has 1 atom stereocenters. The molecule has 1 aliphatic heterocycles. The number of anilines is 1. The monoisotopic (exact) mass is 236 g/mol. The highest BCUT2D eigenvalue weighted by atomic mass is 16.5. The van der Waals surface area contributed by atoms with Crippen molar-refractivity contribution in [2.24, 2.45) is 5.92 Å². The summed E-state index contributed by atoms with van der Waals surface area (Å²) in [7, 11) is 0. The minimum absolute atomic E-state index is 0.583. The summed E-state index contributed by atoms with van der Waals surface area (Å²) in [6, 6.07) is 0. The molecular formula is C12H20N4O. The van der Waals surface area contributed by atoms with Crippen LogP contribution in [0.15, 0.2) is 12.4 Å². The van der Waals surface area contributed by atoms with Crippen molar-refractivity contribution >= 4 is 5.82 Å². The number of rotatable bonds is 5. The second kappa shape index (κ2) is 6.39. The largest absolute Gasteiger partial charge is 0.477 e. The van der Waals surface area contributed by atoms with Crippen LogP contribution < -0.4 is 15.4 Å². The Morgan fingerprint density at radius 3 is 3.24 bits per heavy atom. The van der Waals surface area contributed by atoms with E-state index in [0.29, 0.717) is 18.4 Å². The average molecular weight is 236 g/mol. The lowest BCUT2D eigenvalue weighted by atomic mass is 10.00. The molecule has 1 saturated heterocycles. The molecule has 0 saturated carbocycles. The number of nitrogens with zero attached hydrogens (tertiary/aromatic N) is 2. The first-order chi connectivity index (χ1) is 8.38. The zero-order valence-corrected chi connectivity index (χ0v) is 10.3. The summed E-state index contributed by atoms with van der Waals surface area (Å²) in [4.78, 5) is 8.43. The Morgan fingerprint density at radius 2 is 2.47 bits per heavy atom. The number of ether oxygens (including phenoxy) is 1. The van der Waals surface area contributed by atoms with Crippen molar-refractivity contribution in [2.45, 2.75) is 19.8 Å². The second-order valence-corrected chi connectivity index (χ2v) is 4.27. The second-order valence-electron chi connectivity index (χ2n) is 4.27. The predicted molar refractivity (Wildman–Crippen MR) is 67.3 cm³/mol. The fraction of sp³-hybridized carbons (Fsp3) is 0.667. The molecule has 1 aliphatic rings. The summed E-state index contributed by atoms with van der Waals surface area (Å²) < 4.78 is 5.31. The third-order valence-electron chi connectivity index (χ3n) is 2.88. The zero-order chi connectivity index (χ0) is 11.9. The summed E-state index contributed by atoms with van der Waals surface area (Å²) >= 11 is 0. The molecule has 0 aromatic carbocycles. The van der Waals surface area contributed by atoms with E-state index in [1.165, 1.54) is 12.8 Å². The molecule has 5 heteroatoms. The molecule has 2 rings (SSSR count). The normalized spacial score (nSPS) is 19.9. The Bertz CT molecular complexity index is 339. The van der Waals surface area contributed by atoms with Gasteiger partial charge in [-0.15, -0.1) is 0 Å². The van der Waals surface area contributed by atoms with Gasteiger partial charge < -0.3 is 15.4 Å². The summed E-state index contributed by atoms with van der Waals surface area (Å²) in [6.45, 7) is 5.74. The molecule has 0 aliphatic carbocycles. The Hall–Kier alpha value is -1.36. The van der Waals surface area contributed by atoms with Gasteiger partial charge in [0.05, 0.1) is 19.0 Å². The van der Waals surface area contributed by atoms with Gasteiger partial charge in [0.2, 0.25) is 5.88 Å². The van der Waals surface area contributed by atoms with E-state index in [2.05, 4.69) is 20.6 Å². The van der Waals surface area contributed by atoms with Gasteiger partial charge in [0.25, 0.3) is 0 Å². The van der Waals surface area contributed by atoms with Crippen molar-refractivity contribution < 1.29 is 4.74 Å². The van der Waals surface area contributed by atoms with Gasteiger partial charge in [0.15, 0.2) is 0 Å². The van der Waals surface area contributed by atoms with Crippen LogP contribution in [0.4, 0.5) is 5.82 Å². The highest BCUT2D eigenvalue weighted by molar-refractivity contribution is 5.33. The van der Waals surface area contributed by atoms with Crippen molar-refractivity contribution in [1.29, 1.82) is 0 Å². The lowest BCUT2D eigenvalue weighted by Crippen LogP contribution is -2.33. The van der Waals surface area contributed by atoms with E-state index < -0.39 is 0 Å². The lowest BCUT2D eigenvalue weighted by Gasteiger charge is -2.23. The Kier molecular flexibility index (Phi) is 4.55. The van der Waals surface area contributed by atoms with Crippen LogP contribution in [0.25, 0.3) is 0 Å². The maximum Gasteiger partial charge on any atom is 0.234 e. The standard InChI is InChI=1S/C12H20N4O/c1-2-17-12-9-14-8-11(16-12)15-7-10-4-3-5-13-6-10/h8-10,13H,2-7H2,1H3,(H,15,16). The molecule has 1 aromatic heterocycles. The maximum atomic E-state index is 5.31. The number of piperidine rings is 1. The molecule has 0 amide bonds. The molecule has 17 heavy (non-hydrogen) atoms. The predicted octanol–water partition coefficient (Wildman–Crippen LogP) is 1.29. The van der Waals surface area contributed by atoms with Gasteiger partial charge in [-0.05, 0) is 38.8 Å². The van der Waals surface area contributed by atoms with Crippen LogP contribution in [0.1, 0.15) is 19.8 Å². The van der Waals surface area contributed by atoms with E-state index in [-0.39, 0.29) is 0 Å². The lowest BCUT2D eigenvalue weighted by molar-refractivity contribution is 0.325. The summed E-state index contributed by atoms with van der Waals surface area (Å²) in [5.41, 5.74) is 0. The number of hydrogen-bond donors (Lipinski definition) is 2. The van der Waals surface area contributed by atoms with E-state index >= 15 is 0 Å². The first kappa shape index (κ1) is 12.1. The van der Waals surface area contributed by atoms with Crippen LogP contribution in [0, 0.1) is 5.92 Å². The van der Waals surface area contributed by atoms with E-state index in [1.807, 2.05) is 6.92 Å². The van der Waals surface area contributed by atoms with Gasteiger partial charge in [0.1, 0.15) is 5.82 Å². The van der Waals surface area contributed by atoms with Crippen LogP contribution in [0.3, 0.4) is 0 Å². The number of nitrogens with one attached hydrogen (secondary N) is 2. The van der Waals surface area contributed by atoms with Gasteiger partial charge >= 0.3 is 0 Å². The highest BCUT2D eigenvalue weighted by Gasteiger charge is 2.12. The van der Waals surface area contributed by atoms with Gasteiger partial charge in [-0.25, -0.2) is 0 Å². The minimum Gasteiger partial charge on any atom is -0.477 e. The SMILES string of the molecule is CCOc1cncc(NCC2CCCNC2)n1. The minimum atomic E-state index is 0.583. The number of aromatic nitrogens is 2. The van der Waals surface area contributed by atoms with Crippen LogP contribution in [-0.2, 0) is 0 Å². The van der Waals surface area contributed by atoms with E-state index in [9.17, 15) is 0 Å². The molecule has 1 fully saturated rings. The molecule has 0 spiro atoms. The smallest absolute Gasteiger partial charge is 0.234 e. The Balaban J connectivity index is 1.83. The van der Waals surface area contributed by atoms with Crippen LogP contribution >= 0.6 is 0 Å². The molecule has 2 N–H and O–H groups in total. The summed E-state index contributed by atoms with van der Waals surface area (Å²) in [6.07, 6.45) is 5.91. The third-order valence-corrected chi connectivity index (χ3v) is 2.88. The van der Waals surface area contributed by atoms with E-state index in [1.54, 1.807) is 12.4 Å². The van der Waals surface area contributed by atoms with Crippen LogP contribution in [0.5, 0.6) is 5.88 Å². The van der Waals surface area contributed by atoms with Gasteiger partial charge in [-0.2, -0.15) is 4.98 Å². The Morgan fingerprint density at radius 1 is 1.53 bits per heavy atom. The molecular weight excluding hydrogens is 216 g/mol. The fourth-order valence-electron chi connectivity index (χ4n) is 2.00. The molecule has 1 unspecified atom stereocenters. The molecule has 94 valence electrons.